The molecule has 2 aliphatic rings. The van der Waals surface area contributed by atoms with Crippen LogP contribution in [0.3, 0.4) is 0 Å². The number of fused-ring (bicyclic) bond motifs is 3. The summed E-state index contributed by atoms with van der Waals surface area (Å²) in [5.41, 5.74) is 10.3. The quantitative estimate of drug-likeness (QED) is 0.469. The summed E-state index contributed by atoms with van der Waals surface area (Å²) in [6, 6.07) is 6.43. The van der Waals surface area contributed by atoms with Crippen molar-refractivity contribution in [1.82, 2.24) is 15.6 Å². The lowest BCUT2D eigenvalue weighted by Crippen LogP contribution is -2.34. The average Bonchev–Trinajstić information content (AvgIpc) is 2.75. The van der Waals surface area contributed by atoms with Crippen molar-refractivity contribution in [3.8, 4) is 5.75 Å². The molecule has 1 fully saturated rings. The summed E-state index contributed by atoms with van der Waals surface area (Å²) < 4.78 is 20.0. The summed E-state index contributed by atoms with van der Waals surface area (Å²) >= 11 is 0. The summed E-state index contributed by atoms with van der Waals surface area (Å²) in [5.74, 6) is 0.209. The van der Waals surface area contributed by atoms with Crippen molar-refractivity contribution in [3.63, 3.8) is 0 Å². The van der Waals surface area contributed by atoms with Crippen LogP contribution in [0, 0.1) is 16.6 Å². The van der Waals surface area contributed by atoms with Crippen LogP contribution in [0.1, 0.15) is 42.4 Å². The molecule has 166 valence electrons. The van der Waals surface area contributed by atoms with Gasteiger partial charge in [-0.25, -0.2) is 9.37 Å². The van der Waals surface area contributed by atoms with E-state index in [9.17, 15) is 4.39 Å². The molecule has 0 unspecified atom stereocenters. The molecule has 2 bridgehead atoms. The normalized spacial score (nSPS) is 20.3. The summed E-state index contributed by atoms with van der Waals surface area (Å²) in [4.78, 5) is 4.30. The van der Waals surface area contributed by atoms with Crippen molar-refractivity contribution >= 4 is 23.4 Å². The molecule has 0 amide bonds. The summed E-state index contributed by atoms with van der Waals surface area (Å²) in [5, 5.41) is 23.6. The molecule has 1 aromatic carbocycles. The van der Waals surface area contributed by atoms with Crippen LogP contribution in [0.2, 0.25) is 0 Å². The first kappa shape index (κ1) is 21.5. The molecular weight excluding hydrogens is 407 g/mol. The number of nitrogens with one attached hydrogen (secondary N) is 4. The number of pyridine rings is 1. The van der Waals surface area contributed by atoms with E-state index in [1.807, 2.05) is 0 Å². The minimum atomic E-state index is -0.404. The molecule has 8 heteroatoms. The number of ether oxygens (including phenoxy) is 1. The number of halogens is 1. The molecule has 0 saturated heterocycles. The molecule has 1 aliphatic carbocycles. The SMILES string of the molecule is CN/C=C1/C/C(C=N)=C(/NC2CCC2)c2cnc(N)c(c2)OCc2cc(F)ccc2C1=N. The Morgan fingerprint density at radius 3 is 2.78 bits per heavy atom. The lowest BCUT2D eigenvalue weighted by molar-refractivity contribution is 0.306. The van der Waals surface area contributed by atoms with Crippen molar-refractivity contribution < 1.29 is 9.13 Å². The van der Waals surface area contributed by atoms with E-state index in [-0.39, 0.29) is 18.1 Å². The van der Waals surface area contributed by atoms with Gasteiger partial charge >= 0.3 is 0 Å². The highest BCUT2D eigenvalue weighted by atomic mass is 19.1. The Kier molecular flexibility index (Phi) is 6.20. The molecule has 2 heterocycles. The number of nitrogen functional groups attached to an aromatic ring is 1. The van der Waals surface area contributed by atoms with Gasteiger partial charge in [-0.2, -0.15) is 0 Å². The van der Waals surface area contributed by atoms with E-state index in [0.29, 0.717) is 40.5 Å². The van der Waals surface area contributed by atoms with E-state index in [2.05, 4.69) is 15.6 Å². The van der Waals surface area contributed by atoms with Gasteiger partial charge in [0.2, 0.25) is 0 Å². The van der Waals surface area contributed by atoms with Gasteiger partial charge in [-0.1, -0.05) is 0 Å². The maximum absolute atomic E-state index is 14.0. The Bertz CT molecular complexity index is 1120. The molecule has 2 aromatic rings. The Morgan fingerprint density at radius 2 is 2.09 bits per heavy atom. The first-order valence-electron chi connectivity index (χ1n) is 10.6. The number of anilines is 1. The van der Waals surface area contributed by atoms with Gasteiger partial charge < -0.3 is 26.5 Å². The smallest absolute Gasteiger partial charge is 0.166 e. The van der Waals surface area contributed by atoms with Gasteiger partial charge in [0.15, 0.2) is 11.6 Å². The third-order valence-electron chi connectivity index (χ3n) is 5.86. The zero-order chi connectivity index (χ0) is 22.7. The largest absolute Gasteiger partial charge is 0.485 e. The highest BCUT2D eigenvalue weighted by Gasteiger charge is 2.23. The Balaban J connectivity index is 1.90. The number of aromatic nitrogens is 1. The van der Waals surface area contributed by atoms with Crippen LogP contribution in [0.5, 0.6) is 5.75 Å². The summed E-state index contributed by atoms with van der Waals surface area (Å²) in [6.45, 7) is 0.0458. The van der Waals surface area contributed by atoms with Gasteiger partial charge in [0.05, 0.1) is 5.71 Å². The van der Waals surface area contributed by atoms with Crippen molar-refractivity contribution in [2.24, 2.45) is 0 Å². The second-order valence-electron chi connectivity index (χ2n) is 8.02. The van der Waals surface area contributed by atoms with Crippen LogP contribution >= 0.6 is 0 Å². The van der Waals surface area contributed by atoms with Crippen molar-refractivity contribution in [1.29, 1.82) is 10.8 Å². The minimum Gasteiger partial charge on any atom is -0.485 e. The van der Waals surface area contributed by atoms with E-state index in [1.54, 1.807) is 31.6 Å². The number of nitrogens with zero attached hydrogens (tertiary/aromatic N) is 1. The third kappa shape index (κ3) is 4.34. The molecule has 4 rings (SSSR count). The Morgan fingerprint density at radius 1 is 1.28 bits per heavy atom. The Hall–Kier alpha value is -3.68. The predicted molar refractivity (Wildman–Crippen MR) is 124 cm³/mol. The predicted octanol–water partition coefficient (Wildman–Crippen LogP) is 3.76. The molecule has 1 saturated carbocycles. The zero-order valence-corrected chi connectivity index (χ0v) is 18.0. The van der Waals surface area contributed by atoms with Crippen LogP contribution in [-0.2, 0) is 6.61 Å². The van der Waals surface area contributed by atoms with Crippen LogP contribution in [0.25, 0.3) is 5.70 Å². The van der Waals surface area contributed by atoms with Gasteiger partial charge in [-0.05, 0) is 54.7 Å². The first-order valence-corrected chi connectivity index (χ1v) is 10.6. The van der Waals surface area contributed by atoms with Gasteiger partial charge in [0.25, 0.3) is 0 Å². The van der Waals surface area contributed by atoms with E-state index < -0.39 is 5.82 Å². The van der Waals surface area contributed by atoms with Gasteiger partial charge in [0, 0.05) is 60.5 Å². The lowest BCUT2D eigenvalue weighted by Gasteiger charge is -2.30. The molecular formula is C24H27FN6O. The van der Waals surface area contributed by atoms with E-state index in [1.165, 1.54) is 24.8 Å². The lowest BCUT2D eigenvalue weighted by atomic mass is 9.90. The van der Waals surface area contributed by atoms with Crippen molar-refractivity contribution in [3.05, 3.63) is 70.3 Å². The van der Waals surface area contributed by atoms with Gasteiger partial charge in [0.1, 0.15) is 12.4 Å². The number of allylic oxidation sites excluding steroid dienone is 2. The molecule has 0 atom stereocenters. The maximum atomic E-state index is 14.0. The second kappa shape index (κ2) is 9.21. The van der Waals surface area contributed by atoms with Crippen molar-refractivity contribution in [2.75, 3.05) is 12.8 Å². The molecule has 0 radical (unpaired) electrons. The van der Waals surface area contributed by atoms with Gasteiger partial charge in [-0.15, -0.1) is 0 Å². The number of hydrogen-bond donors (Lipinski definition) is 5. The molecule has 1 aliphatic heterocycles. The standard InChI is InChI=1S/C24H27FN6O/c1-29-11-15-7-14(10-26)23(31-19-3-2-4-19)16-9-21(24(28)30-12-16)32-13-17-8-18(25)5-6-20(17)22(15)27/h5-6,8-12,19,26-27,29,31H,2-4,7,13H2,1H3,(H2,28,30)/b15-11-,23-14-,26-10?,27-22?. The number of rotatable bonds is 4. The van der Waals surface area contributed by atoms with E-state index >= 15 is 0 Å². The monoisotopic (exact) mass is 434 g/mol. The van der Waals surface area contributed by atoms with Gasteiger partial charge in [-0.3, -0.25) is 5.41 Å². The fourth-order valence-corrected chi connectivity index (χ4v) is 3.88. The van der Waals surface area contributed by atoms with Crippen LogP contribution < -0.4 is 21.1 Å². The summed E-state index contributed by atoms with van der Waals surface area (Å²) in [6.07, 6.45) is 8.37. The highest BCUT2D eigenvalue weighted by molar-refractivity contribution is 6.12. The molecule has 7 nitrogen and oxygen atoms in total. The number of nitrogens with two attached hydrogens (primary N) is 1. The minimum absolute atomic E-state index is 0.0458. The average molecular weight is 435 g/mol. The number of benzene rings is 1. The second-order valence-corrected chi connectivity index (χ2v) is 8.02. The highest BCUT2D eigenvalue weighted by Crippen LogP contribution is 2.31. The molecule has 0 spiro atoms. The van der Waals surface area contributed by atoms with Crippen LogP contribution in [-0.4, -0.2) is 30.0 Å². The zero-order valence-electron chi connectivity index (χ0n) is 18.0. The van der Waals surface area contributed by atoms with Crippen molar-refractivity contribution in [2.45, 2.75) is 38.3 Å². The van der Waals surface area contributed by atoms with Crippen LogP contribution in [0.4, 0.5) is 10.2 Å². The fourth-order valence-electron chi connectivity index (χ4n) is 3.88. The van der Waals surface area contributed by atoms with E-state index in [0.717, 1.165) is 24.1 Å². The maximum Gasteiger partial charge on any atom is 0.166 e. The number of hydrogen-bond acceptors (Lipinski definition) is 7. The molecule has 1 aromatic heterocycles. The topological polar surface area (TPSA) is 120 Å². The third-order valence-corrected chi connectivity index (χ3v) is 5.86. The Labute approximate surface area is 186 Å². The van der Waals surface area contributed by atoms with E-state index in [4.69, 9.17) is 21.3 Å². The first-order chi connectivity index (χ1) is 15.5. The molecule has 6 N–H and O–H groups in total. The van der Waals surface area contributed by atoms with Crippen LogP contribution in [0.15, 0.2) is 47.8 Å². The molecule has 32 heavy (non-hydrogen) atoms. The summed E-state index contributed by atoms with van der Waals surface area (Å²) in [7, 11) is 1.77. The fraction of sp³-hybridized carbons (Fsp3) is 0.292.